The zero-order chi connectivity index (χ0) is 29.0. The molecule has 2 atom stereocenters. The van der Waals surface area contributed by atoms with E-state index < -0.39 is 49.2 Å². The van der Waals surface area contributed by atoms with Gasteiger partial charge in [0.2, 0.25) is 5.91 Å². The fourth-order valence-corrected chi connectivity index (χ4v) is 7.98. The van der Waals surface area contributed by atoms with Crippen LogP contribution >= 0.6 is 0 Å². The van der Waals surface area contributed by atoms with Crippen molar-refractivity contribution in [2.45, 2.75) is 91.2 Å². The predicted octanol–water partition coefficient (Wildman–Crippen LogP) is 4.11. The monoisotopic (exact) mass is 591 g/mol. The van der Waals surface area contributed by atoms with Crippen LogP contribution in [0, 0.1) is 11.3 Å². The van der Waals surface area contributed by atoms with E-state index in [-0.39, 0.29) is 24.9 Å². The smallest absolute Gasteiger partial charge is 0.381 e. The van der Waals surface area contributed by atoms with Crippen LogP contribution in [0.3, 0.4) is 0 Å². The molecule has 2 aromatic rings. The standard InChI is InChI=1S/C28H32F3N5O4S/c29-28(30,31)21-6-1-2-7-24(21)41(38,39)20-14-23(26(37)33-27(17-32)10-11-27)35(16-20)25-15-22(18-8-12-40-13-9-18)34-36(25)19-4-3-5-19/h1-2,6-7,15,18-20,23H,3-5,8-14,16H2,(H,33,37)/t20-,23+/m1/s1. The molecule has 0 unspecified atom stereocenters. The van der Waals surface area contributed by atoms with Gasteiger partial charge in [-0.2, -0.15) is 23.5 Å². The molecule has 13 heteroatoms. The van der Waals surface area contributed by atoms with E-state index in [4.69, 9.17) is 9.84 Å². The van der Waals surface area contributed by atoms with Crippen molar-refractivity contribution < 1.29 is 31.1 Å². The van der Waals surface area contributed by atoms with Crippen LogP contribution < -0.4 is 10.2 Å². The maximum Gasteiger partial charge on any atom is 0.417 e. The van der Waals surface area contributed by atoms with Crippen molar-refractivity contribution in [1.29, 1.82) is 5.26 Å². The Bertz CT molecular complexity index is 1470. The second-order valence-electron chi connectivity index (χ2n) is 11.6. The fourth-order valence-electron chi connectivity index (χ4n) is 6.07. The number of carbonyl (C=O) groups is 1. The molecule has 4 fully saturated rings. The first-order valence-electron chi connectivity index (χ1n) is 14.1. The lowest BCUT2D eigenvalue weighted by Gasteiger charge is -2.32. The number of hydrogen-bond donors (Lipinski definition) is 1. The van der Waals surface area contributed by atoms with Gasteiger partial charge in [-0.05, 0) is 63.5 Å². The number of nitriles is 1. The number of amides is 1. The first-order valence-corrected chi connectivity index (χ1v) is 15.6. The van der Waals surface area contributed by atoms with Crippen molar-refractivity contribution in [3.8, 4) is 6.07 Å². The van der Waals surface area contributed by atoms with Gasteiger partial charge in [-0.15, -0.1) is 0 Å². The Morgan fingerprint density at radius 1 is 1.15 bits per heavy atom. The first-order chi connectivity index (χ1) is 19.5. The Morgan fingerprint density at radius 3 is 2.46 bits per heavy atom. The van der Waals surface area contributed by atoms with Crippen molar-refractivity contribution in [2.24, 2.45) is 0 Å². The highest BCUT2D eigenvalue weighted by atomic mass is 32.2. The fraction of sp³-hybridized carbons (Fsp3) is 0.607. The van der Waals surface area contributed by atoms with Crippen LogP contribution in [-0.2, 0) is 25.5 Å². The van der Waals surface area contributed by atoms with Crippen LogP contribution in [0.15, 0.2) is 35.2 Å². The largest absolute Gasteiger partial charge is 0.417 e. The van der Waals surface area contributed by atoms with Crippen LogP contribution in [0.4, 0.5) is 19.0 Å². The molecule has 0 spiro atoms. The van der Waals surface area contributed by atoms with Crippen LogP contribution in [0.5, 0.6) is 0 Å². The minimum absolute atomic E-state index is 0.0952. The van der Waals surface area contributed by atoms with Gasteiger partial charge in [0.1, 0.15) is 17.4 Å². The van der Waals surface area contributed by atoms with Gasteiger partial charge in [-0.1, -0.05) is 12.1 Å². The van der Waals surface area contributed by atoms with Crippen LogP contribution in [0.1, 0.15) is 74.6 Å². The summed E-state index contributed by atoms with van der Waals surface area (Å²) in [6.45, 7) is 1.05. The molecule has 2 saturated carbocycles. The maximum absolute atomic E-state index is 13.8. The molecule has 1 aromatic heterocycles. The number of halogens is 3. The molecule has 2 aliphatic carbocycles. The van der Waals surface area contributed by atoms with Gasteiger partial charge in [-0.3, -0.25) is 4.79 Å². The van der Waals surface area contributed by atoms with Gasteiger partial charge < -0.3 is 15.0 Å². The average Bonchev–Trinajstić information content (AvgIpc) is 3.34. The third-order valence-electron chi connectivity index (χ3n) is 8.92. The van der Waals surface area contributed by atoms with Gasteiger partial charge >= 0.3 is 6.18 Å². The molecule has 0 radical (unpaired) electrons. The molecule has 9 nitrogen and oxygen atoms in total. The summed E-state index contributed by atoms with van der Waals surface area (Å²) in [6.07, 6.45) is 0.330. The molecule has 6 rings (SSSR count). The minimum Gasteiger partial charge on any atom is -0.381 e. The van der Waals surface area contributed by atoms with Gasteiger partial charge in [-0.25, -0.2) is 13.1 Å². The summed E-state index contributed by atoms with van der Waals surface area (Å²) >= 11 is 0. The molecular formula is C28H32F3N5O4S. The van der Waals surface area contributed by atoms with Crippen LogP contribution in [-0.4, -0.2) is 60.7 Å². The summed E-state index contributed by atoms with van der Waals surface area (Å²) in [5, 5.41) is 16.0. The highest BCUT2D eigenvalue weighted by Crippen LogP contribution is 2.43. The lowest BCUT2D eigenvalue weighted by molar-refractivity contribution is -0.139. The normalized spacial score (nSPS) is 25.0. The number of carbonyl (C=O) groups excluding carboxylic acids is 1. The van der Waals surface area contributed by atoms with Crippen molar-refractivity contribution in [3.63, 3.8) is 0 Å². The van der Waals surface area contributed by atoms with Crippen LogP contribution in [0.2, 0.25) is 0 Å². The van der Waals surface area contributed by atoms with Crippen molar-refractivity contribution in [3.05, 3.63) is 41.6 Å². The summed E-state index contributed by atoms with van der Waals surface area (Å²) in [7, 11) is -4.48. The molecule has 4 aliphatic rings. The number of nitrogens with zero attached hydrogens (tertiary/aromatic N) is 4. The zero-order valence-corrected chi connectivity index (χ0v) is 23.3. The SMILES string of the molecule is N#CC1(NC(=O)[C@@H]2C[C@@H](S(=O)(=O)c3ccccc3C(F)(F)F)CN2c2cc(C3CCOCC3)nn2C2CCC2)CC1. The number of aromatic nitrogens is 2. The summed E-state index contributed by atoms with van der Waals surface area (Å²) in [5.74, 6) is 0.255. The van der Waals surface area contributed by atoms with Gasteiger partial charge in [0.25, 0.3) is 0 Å². The number of benzene rings is 1. The second kappa shape index (κ2) is 10.3. The van der Waals surface area contributed by atoms with Crippen molar-refractivity contribution in [2.75, 3.05) is 24.7 Å². The molecule has 220 valence electrons. The Labute approximate surface area is 236 Å². The number of ether oxygens (including phenoxy) is 1. The first kappa shape index (κ1) is 28.0. The van der Waals surface area contributed by atoms with E-state index in [0.717, 1.165) is 56.0 Å². The number of hydrogen-bond acceptors (Lipinski definition) is 7. The Kier molecular flexibility index (Phi) is 7.05. The van der Waals surface area contributed by atoms with E-state index in [0.29, 0.717) is 31.9 Å². The number of alkyl halides is 3. The summed E-state index contributed by atoms with van der Waals surface area (Å²) in [6, 6.07) is 7.31. The third-order valence-corrected chi connectivity index (χ3v) is 11.1. The van der Waals surface area contributed by atoms with E-state index in [9.17, 15) is 31.6 Å². The number of nitrogens with one attached hydrogen (secondary N) is 1. The molecule has 2 saturated heterocycles. The van der Waals surface area contributed by atoms with Gasteiger partial charge in [0.05, 0.1) is 33.5 Å². The van der Waals surface area contributed by atoms with E-state index >= 15 is 0 Å². The highest BCUT2D eigenvalue weighted by Gasteiger charge is 2.51. The molecule has 41 heavy (non-hydrogen) atoms. The summed E-state index contributed by atoms with van der Waals surface area (Å²) in [5.41, 5.74) is -1.36. The third kappa shape index (κ3) is 5.20. The number of rotatable bonds is 7. The highest BCUT2D eigenvalue weighted by molar-refractivity contribution is 7.92. The van der Waals surface area contributed by atoms with E-state index in [1.807, 2.05) is 10.7 Å². The molecular weight excluding hydrogens is 559 g/mol. The summed E-state index contributed by atoms with van der Waals surface area (Å²) in [4.78, 5) is 14.5. The quantitative estimate of drug-likeness (QED) is 0.515. The van der Waals surface area contributed by atoms with Crippen LogP contribution in [0.25, 0.3) is 0 Å². The molecule has 1 amide bonds. The Hall–Kier alpha value is -3.11. The van der Waals surface area contributed by atoms with Crippen molar-refractivity contribution >= 4 is 21.6 Å². The maximum atomic E-state index is 13.8. The number of anilines is 1. The van der Waals surface area contributed by atoms with E-state index in [1.165, 1.54) is 6.07 Å². The van der Waals surface area contributed by atoms with E-state index in [2.05, 4.69) is 11.4 Å². The summed E-state index contributed by atoms with van der Waals surface area (Å²) < 4.78 is 76.4. The Balaban J connectivity index is 1.39. The molecule has 0 bridgehead atoms. The lowest BCUT2D eigenvalue weighted by Crippen LogP contribution is -2.48. The second-order valence-corrected chi connectivity index (χ2v) is 13.8. The Morgan fingerprint density at radius 2 is 1.85 bits per heavy atom. The van der Waals surface area contributed by atoms with Gasteiger partial charge in [0.15, 0.2) is 9.84 Å². The van der Waals surface area contributed by atoms with Gasteiger partial charge in [0, 0.05) is 31.7 Å². The molecule has 3 heterocycles. The molecule has 1 aromatic carbocycles. The average molecular weight is 592 g/mol. The van der Waals surface area contributed by atoms with Crippen molar-refractivity contribution in [1.82, 2.24) is 15.1 Å². The molecule has 2 aliphatic heterocycles. The number of sulfone groups is 1. The van der Waals surface area contributed by atoms with E-state index in [1.54, 1.807) is 4.90 Å². The lowest BCUT2D eigenvalue weighted by atomic mass is 9.93. The molecule has 1 N–H and O–H groups in total. The zero-order valence-electron chi connectivity index (χ0n) is 22.4. The minimum atomic E-state index is -4.86. The topological polar surface area (TPSA) is 117 Å². The predicted molar refractivity (Wildman–Crippen MR) is 142 cm³/mol.